The summed E-state index contributed by atoms with van der Waals surface area (Å²) in [7, 11) is -3.31. The van der Waals surface area contributed by atoms with E-state index < -0.39 is 10.2 Å². The first-order chi connectivity index (χ1) is 7.68. The van der Waals surface area contributed by atoms with Crippen LogP contribution in [0.5, 0.6) is 0 Å². The second-order valence-corrected chi connectivity index (χ2v) is 5.94. The quantitative estimate of drug-likeness (QED) is 0.681. The van der Waals surface area contributed by atoms with E-state index in [0.29, 0.717) is 13.1 Å². The zero-order chi connectivity index (χ0) is 11.4. The second-order valence-electron chi connectivity index (χ2n) is 4.29. The third-order valence-corrected chi connectivity index (χ3v) is 4.55. The van der Waals surface area contributed by atoms with Crippen molar-refractivity contribution in [3.05, 3.63) is 0 Å². The van der Waals surface area contributed by atoms with Crippen molar-refractivity contribution in [3.63, 3.8) is 0 Å². The van der Waals surface area contributed by atoms with Gasteiger partial charge in [-0.05, 0) is 12.8 Å². The van der Waals surface area contributed by atoms with Crippen molar-refractivity contribution in [2.75, 3.05) is 39.3 Å². The van der Waals surface area contributed by atoms with Crippen molar-refractivity contribution < 1.29 is 8.42 Å². The summed E-state index contributed by atoms with van der Waals surface area (Å²) in [4.78, 5) is 2.67. The molecule has 2 aliphatic rings. The molecule has 7 heteroatoms. The topological polar surface area (TPSA) is 64.7 Å². The van der Waals surface area contributed by atoms with E-state index in [4.69, 9.17) is 0 Å². The van der Waals surface area contributed by atoms with Crippen LogP contribution in [-0.2, 0) is 10.2 Å². The Morgan fingerprint density at radius 3 is 2.19 bits per heavy atom. The highest BCUT2D eigenvalue weighted by Crippen LogP contribution is 2.08. The molecule has 0 bridgehead atoms. The molecule has 94 valence electrons. The maximum Gasteiger partial charge on any atom is 0.292 e. The zero-order valence-electron chi connectivity index (χ0n) is 9.48. The highest BCUT2D eigenvalue weighted by atomic mass is 32.2. The Morgan fingerprint density at radius 2 is 1.56 bits per heavy atom. The molecule has 2 fully saturated rings. The van der Waals surface area contributed by atoms with Crippen LogP contribution in [0.4, 0.5) is 0 Å². The van der Waals surface area contributed by atoms with Crippen LogP contribution in [0.15, 0.2) is 0 Å². The maximum atomic E-state index is 12.0. The van der Waals surface area contributed by atoms with E-state index >= 15 is 0 Å². The Kier molecular flexibility index (Phi) is 4.15. The number of hydrogen-bond acceptors (Lipinski definition) is 4. The Balaban J connectivity index is 1.90. The number of piperidine rings is 1. The van der Waals surface area contributed by atoms with Gasteiger partial charge >= 0.3 is 0 Å². The number of hydrazine groups is 1. The average molecular weight is 248 g/mol. The van der Waals surface area contributed by atoms with E-state index in [0.717, 1.165) is 39.0 Å². The summed E-state index contributed by atoms with van der Waals surface area (Å²) in [5.74, 6) is 0. The monoisotopic (exact) mass is 248 g/mol. The van der Waals surface area contributed by atoms with Crippen LogP contribution >= 0.6 is 0 Å². The van der Waals surface area contributed by atoms with Crippen LogP contribution in [0, 0.1) is 0 Å². The van der Waals surface area contributed by atoms with Gasteiger partial charge in [-0.3, -0.25) is 0 Å². The van der Waals surface area contributed by atoms with Gasteiger partial charge in [0.25, 0.3) is 10.2 Å². The van der Waals surface area contributed by atoms with Crippen molar-refractivity contribution >= 4 is 10.2 Å². The normalized spacial score (nSPS) is 25.8. The van der Waals surface area contributed by atoms with Gasteiger partial charge in [-0.2, -0.15) is 12.7 Å². The molecule has 0 aromatic heterocycles. The van der Waals surface area contributed by atoms with Gasteiger partial charge < -0.3 is 5.32 Å². The molecule has 0 saturated carbocycles. The lowest BCUT2D eigenvalue weighted by Crippen LogP contribution is -2.55. The van der Waals surface area contributed by atoms with Gasteiger partial charge in [-0.25, -0.2) is 5.01 Å². The lowest BCUT2D eigenvalue weighted by atomic mass is 10.2. The van der Waals surface area contributed by atoms with E-state index in [-0.39, 0.29) is 0 Å². The summed E-state index contributed by atoms with van der Waals surface area (Å²) in [5.41, 5.74) is 0. The van der Waals surface area contributed by atoms with Crippen molar-refractivity contribution in [2.45, 2.75) is 19.3 Å². The first-order valence-corrected chi connectivity index (χ1v) is 7.36. The van der Waals surface area contributed by atoms with E-state index in [1.165, 1.54) is 10.7 Å². The molecule has 16 heavy (non-hydrogen) atoms. The van der Waals surface area contributed by atoms with Crippen LogP contribution in [0.3, 0.4) is 0 Å². The summed E-state index contributed by atoms with van der Waals surface area (Å²) in [6.45, 7) is 4.24. The minimum atomic E-state index is -3.31. The SMILES string of the molecule is O=S(=O)(NN1CCCCC1)N1CCNCC1. The zero-order valence-corrected chi connectivity index (χ0v) is 10.3. The van der Waals surface area contributed by atoms with E-state index in [1.807, 2.05) is 5.01 Å². The predicted octanol–water partition coefficient (Wildman–Crippen LogP) is -0.873. The smallest absolute Gasteiger partial charge is 0.292 e. The fraction of sp³-hybridized carbons (Fsp3) is 1.00. The summed E-state index contributed by atoms with van der Waals surface area (Å²) < 4.78 is 25.5. The predicted molar refractivity (Wildman–Crippen MR) is 61.9 cm³/mol. The van der Waals surface area contributed by atoms with Crippen LogP contribution in [0.1, 0.15) is 19.3 Å². The van der Waals surface area contributed by atoms with Gasteiger partial charge in [-0.1, -0.05) is 6.42 Å². The Hall–Kier alpha value is -0.210. The first kappa shape index (κ1) is 12.3. The van der Waals surface area contributed by atoms with E-state index in [1.54, 1.807) is 0 Å². The fourth-order valence-electron chi connectivity index (χ4n) is 2.09. The van der Waals surface area contributed by atoms with Crippen LogP contribution in [0.25, 0.3) is 0 Å². The third kappa shape index (κ3) is 3.14. The van der Waals surface area contributed by atoms with E-state index in [2.05, 4.69) is 10.1 Å². The number of piperazine rings is 1. The van der Waals surface area contributed by atoms with Crippen molar-refractivity contribution in [1.82, 2.24) is 19.5 Å². The largest absolute Gasteiger partial charge is 0.314 e. The van der Waals surface area contributed by atoms with Crippen LogP contribution < -0.4 is 10.1 Å². The fourth-order valence-corrected chi connectivity index (χ4v) is 3.38. The standard InChI is InChI=1S/C9H20N4O2S/c14-16(15,13-8-4-10-5-9-13)11-12-6-2-1-3-7-12/h10-11H,1-9H2. The van der Waals surface area contributed by atoms with Crippen molar-refractivity contribution in [3.8, 4) is 0 Å². The summed E-state index contributed by atoms with van der Waals surface area (Å²) in [5, 5.41) is 4.96. The van der Waals surface area contributed by atoms with E-state index in [9.17, 15) is 8.42 Å². The first-order valence-electron chi connectivity index (χ1n) is 5.92. The molecule has 0 aromatic rings. The molecule has 0 aliphatic carbocycles. The molecular formula is C9H20N4O2S. The molecular weight excluding hydrogens is 228 g/mol. The minimum Gasteiger partial charge on any atom is -0.314 e. The van der Waals surface area contributed by atoms with Gasteiger partial charge in [0.15, 0.2) is 0 Å². The molecule has 2 N–H and O–H groups in total. The van der Waals surface area contributed by atoms with Gasteiger partial charge in [0.05, 0.1) is 0 Å². The number of rotatable bonds is 3. The third-order valence-electron chi connectivity index (χ3n) is 3.02. The Bertz CT molecular complexity index is 307. The molecule has 6 nitrogen and oxygen atoms in total. The Morgan fingerprint density at radius 1 is 0.938 bits per heavy atom. The molecule has 0 radical (unpaired) electrons. The molecule has 0 atom stereocenters. The molecule has 2 saturated heterocycles. The molecule has 0 unspecified atom stereocenters. The summed E-state index contributed by atoms with van der Waals surface area (Å²) in [6.07, 6.45) is 3.35. The van der Waals surface area contributed by atoms with Crippen molar-refractivity contribution in [2.24, 2.45) is 0 Å². The Labute approximate surface area is 97.1 Å². The van der Waals surface area contributed by atoms with Gasteiger partial charge in [0.2, 0.25) is 0 Å². The molecule has 2 heterocycles. The molecule has 2 rings (SSSR count). The van der Waals surface area contributed by atoms with Gasteiger partial charge in [0, 0.05) is 39.3 Å². The number of hydrogen-bond donors (Lipinski definition) is 2. The van der Waals surface area contributed by atoms with Crippen LogP contribution in [0.2, 0.25) is 0 Å². The lowest BCUT2D eigenvalue weighted by Gasteiger charge is -2.32. The minimum absolute atomic E-state index is 0.559. The number of nitrogens with one attached hydrogen (secondary N) is 2. The molecule has 2 aliphatic heterocycles. The average Bonchev–Trinajstić information content (AvgIpc) is 2.31. The van der Waals surface area contributed by atoms with Crippen LogP contribution in [-0.4, -0.2) is 57.0 Å². The highest BCUT2D eigenvalue weighted by molar-refractivity contribution is 7.87. The molecule has 0 spiro atoms. The highest BCUT2D eigenvalue weighted by Gasteiger charge is 2.26. The summed E-state index contributed by atoms with van der Waals surface area (Å²) >= 11 is 0. The molecule has 0 aromatic carbocycles. The maximum absolute atomic E-state index is 12.0. The summed E-state index contributed by atoms with van der Waals surface area (Å²) in [6, 6.07) is 0. The number of nitrogens with zero attached hydrogens (tertiary/aromatic N) is 2. The van der Waals surface area contributed by atoms with Gasteiger partial charge in [-0.15, -0.1) is 4.83 Å². The lowest BCUT2D eigenvalue weighted by molar-refractivity contribution is 0.191. The molecule has 0 amide bonds. The van der Waals surface area contributed by atoms with Crippen molar-refractivity contribution in [1.29, 1.82) is 0 Å². The second kappa shape index (κ2) is 5.42. The van der Waals surface area contributed by atoms with Gasteiger partial charge in [0.1, 0.15) is 0 Å².